The van der Waals surface area contributed by atoms with E-state index in [-0.39, 0.29) is 35.4 Å². The number of nitrogens with one attached hydrogen (secondary N) is 3. The maximum Gasteiger partial charge on any atom is 0.240 e. The van der Waals surface area contributed by atoms with Crippen molar-refractivity contribution in [2.45, 2.75) is 58.0 Å². The van der Waals surface area contributed by atoms with Gasteiger partial charge in [-0.1, -0.05) is 32.9 Å². The molecular formula is C20H37IN4O3S. The normalized spacial score (nSPS) is 13.5. The highest BCUT2D eigenvalue weighted by Crippen LogP contribution is 2.21. The minimum absolute atomic E-state index is 0. The zero-order valence-corrected chi connectivity index (χ0v) is 21.6. The zero-order chi connectivity index (χ0) is 21.2. The molecule has 0 spiro atoms. The van der Waals surface area contributed by atoms with E-state index in [1.54, 1.807) is 25.2 Å². The largest absolute Gasteiger partial charge is 0.383 e. The van der Waals surface area contributed by atoms with Gasteiger partial charge in [0.05, 0.1) is 11.5 Å². The predicted molar refractivity (Wildman–Crippen MR) is 130 cm³/mol. The Bertz CT molecular complexity index is 733. The van der Waals surface area contributed by atoms with Crippen molar-refractivity contribution in [3.8, 4) is 0 Å². The highest BCUT2D eigenvalue weighted by molar-refractivity contribution is 14.0. The molecule has 1 aromatic carbocycles. The van der Waals surface area contributed by atoms with Gasteiger partial charge in [0.2, 0.25) is 10.0 Å². The summed E-state index contributed by atoms with van der Waals surface area (Å²) in [5.41, 5.74) is 1.16. The first-order chi connectivity index (χ1) is 13.1. The Labute approximate surface area is 193 Å². The Morgan fingerprint density at radius 2 is 1.97 bits per heavy atom. The highest BCUT2D eigenvalue weighted by atomic mass is 127. The number of halogens is 1. The number of nitrogens with zero attached hydrogens (tertiary/aromatic N) is 1. The summed E-state index contributed by atoms with van der Waals surface area (Å²) in [5.74, 6) is 0.702. The lowest BCUT2D eigenvalue weighted by atomic mass is 9.89. The van der Waals surface area contributed by atoms with Crippen LogP contribution in [-0.2, 0) is 21.3 Å². The number of sulfonamides is 1. The van der Waals surface area contributed by atoms with E-state index in [4.69, 9.17) is 4.74 Å². The van der Waals surface area contributed by atoms with E-state index in [9.17, 15) is 8.42 Å². The number of rotatable bonds is 10. The van der Waals surface area contributed by atoms with Gasteiger partial charge in [-0.2, -0.15) is 0 Å². The molecule has 1 atom stereocenters. The molecule has 0 saturated heterocycles. The van der Waals surface area contributed by atoms with Gasteiger partial charge in [0.15, 0.2) is 5.96 Å². The highest BCUT2D eigenvalue weighted by Gasteiger charge is 2.15. The number of ether oxygens (including phenoxy) is 1. The van der Waals surface area contributed by atoms with Crippen molar-refractivity contribution in [3.05, 3.63) is 29.8 Å². The van der Waals surface area contributed by atoms with E-state index in [0.717, 1.165) is 18.4 Å². The van der Waals surface area contributed by atoms with Gasteiger partial charge < -0.3 is 15.4 Å². The van der Waals surface area contributed by atoms with Crippen LogP contribution in [0.2, 0.25) is 0 Å². The van der Waals surface area contributed by atoms with E-state index in [2.05, 4.69) is 48.0 Å². The summed E-state index contributed by atoms with van der Waals surface area (Å²) in [7, 11) is -0.281. The molecule has 9 heteroatoms. The van der Waals surface area contributed by atoms with Gasteiger partial charge >= 0.3 is 0 Å². The lowest BCUT2D eigenvalue weighted by molar-refractivity contribution is 0.204. The van der Waals surface area contributed by atoms with E-state index in [1.165, 1.54) is 7.11 Å². The lowest BCUT2D eigenvalue weighted by Crippen LogP contribution is -2.42. The molecule has 0 amide bonds. The zero-order valence-electron chi connectivity index (χ0n) is 18.4. The van der Waals surface area contributed by atoms with Crippen LogP contribution in [0.1, 0.15) is 46.1 Å². The van der Waals surface area contributed by atoms with Crippen LogP contribution in [0, 0.1) is 5.41 Å². The molecular weight excluding hydrogens is 503 g/mol. The first-order valence-corrected chi connectivity index (χ1v) is 11.1. The summed E-state index contributed by atoms with van der Waals surface area (Å²) in [6.07, 6.45) is 2.17. The molecule has 29 heavy (non-hydrogen) atoms. The second kappa shape index (κ2) is 13.4. The Kier molecular flexibility index (Phi) is 13.0. The van der Waals surface area contributed by atoms with Crippen LogP contribution >= 0.6 is 24.0 Å². The second-order valence-electron chi connectivity index (χ2n) is 8.11. The number of benzene rings is 1. The average molecular weight is 541 g/mol. The molecule has 0 aromatic heterocycles. The third-order valence-electron chi connectivity index (χ3n) is 4.20. The fourth-order valence-electron chi connectivity index (χ4n) is 2.52. The van der Waals surface area contributed by atoms with Crippen LogP contribution < -0.4 is 15.4 Å². The molecule has 3 N–H and O–H groups in total. The molecule has 0 aliphatic carbocycles. The third kappa shape index (κ3) is 11.8. The summed E-state index contributed by atoms with van der Waals surface area (Å²) in [6.45, 7) is 9.89. The summed E-state index contributed by atoms with van der Waals surface area (Å²) in [4.78, 5) is 4.50. The third-order valence-corrected chi connectivity index (χ3v) is 5.66. The van der Waals surface area contributed by atoms with Crippen LogP contribution in [0.5, 0.6) is 0 Å². The minimum atomic E-state index is -3.54. The fourth-order valence-corrected chi connectivity index (χ4v) is 3.60. The number of hydrogen-bond donors (Lipinski definition) is 3. The lowest BCUT2D eigenvalue weighted by Gasteiger charge is -2.23. The summed E-state index contributed by atoms with van der Waals surface area (Å²) < 4.78 is 32.1. The summed E-state index contributed by atoms with van der Waals surface area (Å²) in [6, 6.07) is 7.17. The Morgan fingerprint density at radius 1 is 1.28 bits per heavy atom. The van der Waals surface area contributed by atoms with Gasteiger partial charge in [-0.3, -0.25) is 4.99 Å². The number of methoxy groups -OCH3 is 1. The van der Waals surface area contributed by atoms with Crippen molar-refractivity contribution >= 4 is 40.0 Å². The maximum atomic E-state index is 12.3. The molecule has 0 radical (unpaired) electrons. The van der Waals surface area contributed by atoms with Gasteiger partial charge in [0.1, 0.15) is 0 Å². The predicted octanol–water partition coefficient (Wildman–Crippen LogP) is 3.11. The SMILES string of the molecule is CN=C(NCc1cccc(S(=O)(=O)NCCOC)c1)NC(C)CCC(C)(C)C.I. The molecule has 7 nitrogen and oxygen atoms in total. The summed E-state index contributed by atoms with van der Waals surface area (Å²) >= 11 is 0. The van der Waals surface area contributed by atoms with E-state index in [1.807, 2.05) is 6.07 Å². The van der Waals surface area contributed by atoms with Crippen molar-refractivity contribution in [3.63, 3.8) is 0 Å². The van der Waals surface area contributed by atoms with E-state index in [0.29, 0.717) is 30.6 Å². The molecule has 0 aliphatic rings. The van der Waals surface area contributed by atoms with E-state index < -0.39 is 10.0 Å². The van der Waals surface area contributed by atoms with Gasteiger partial charge in [0, 0.05) is 33.3 Å². The van der Waals surface area contributed by atoms with Crippen LogP contribution in [0.4, 0.5) is 0 Å². The monoisotopic (exact) mass is 540 g/mol. The first kappa shape index (κ1) is 28.1. The molecule has 1 unspecified atom stereocenters. The van der Waals surface area contributed by atoms with Gasteiger partial charge in [-0.15, -0.1) is 24.0 Å². The van der Waals surface area contributed by atoms with Crippen molar-refractivity contribution in [2.75, 3.05) is 27.3 Å². The Hall–Kier alpha value is -0.910. The second-order valence-corrected chi connectivity index (χ2v) is 9.88. The van der Waals surface area contributed by atoms with Crippen LogP contribution in [0.15, 0.2) is 34.2 Å². The maximum absolute atomic E-state index is 12.3. The van der Waals surface area contributed by atoms with Crippen LogP contribution in [0.3, 0.4) is 0 Å². The fraction of sp³-hybridized carbons (Fsp3) is 0.650. The molecule has 0 aliphatic heterocycles. The van der Waals surface area contributed by atoms with Gasteiger partial charge in [-0.25, -0.2) is 13.1 Å². The molecule has 168 valence electrons. The van der Waals surface area contributed by atoms with Crippen molar-refractivity contribution < 1.29 is 13.2 Å². The molecule has 0 bridgehead atoms. The first-order valence-electron chi connectivity index (χ1n) is 9.62. The van der Waals surface area contributed by atoms with Crippen LogP contribution in [0.25, 0.3) is 0 Å². The number of guanidine groups is 1. The van der Waals surface area contributed by atoms with E-state index >= 15 is 0 Å². The van der Waals surface area contributed by atoms with Crippen molar-refractivity contribution in [2.24, 2.45) is 10.4 Å². The van der Waals surface area contributed by atoms with Gasteiger partial charge in [0.25, 0.3) is 0 Å². The van der Waals surface area contributed by atoms with Crippen molar-refractivity contribution in [1.82, 2.24) is 15.4 Å². The molecule has 1 rings (SSSR count). The Balaban J connectivity index is 0.00000784. The number of aliphatic imine (C=N–C) groups is 1. The standard InChI is InChI=1S/C20H36N4O3S.HI/c1-16(10-11-20(2,3)4)24-19(21-5)22-15-17-8-7-9-18(14-17)28(25,26)23-12-13-27-6;/h7-9,14,16,23H,10-13,15H2,1-6H3,(H2,21,22,24);1H. The molecule has 0 fully saturated rings. The topological polar surface area (TPSA) is 91.8 Å². The Morgan fingerprint density at radius 3 is 2.55 bits per heavy atom. The molecule has 1 aromatic rings. The number of hydrogen-bond acceptors (Lipinski definition) is 4. The smallest absolute Gasteiger partial charge is 0.240 e. The average Bonchev–Trinajstić information content (AvgIpc) is 2.63. The molecule has 0 heterocycles. The minimum Gasteiger partial charge on any atom is -0.383 e. The van der Waals surface area contributed by atoms with Gasteiger partial charge in [-0.05, 0) is 42.9 Å². The quantitative estimate of drug-likeness (QED) is 0.184. The summed E-state index contributed by atoms with van der Waals surface area (Å²) in [5, 5.41) is 6.63. The van der Waals surface area contributed by atoms with Crippen LogP contribution in [-0.4, -0.2) is 47.7 Å². The molecule has 0 saturated carbocycles. The van der Waals surface area contributed by atoms with Crippen molar-refractivity contribution in [1.29, 1.82) is 0 Å².